The van der Waals surface area contributed by atoms with Crippen molar-refractivity contribution in [2.75, 3.05) is 12.4 Å². The smallest absolute Gasteiger partial charge is 0.248 e. The number of hydrogen-bond acceptors (Lipinski definition) is 6. The van der Waals surface area contributed by atoms with Crippen LogP contribution in [-0.2, 0) is 0 Å². The molecule has 0 bridgehead atoms. The Morgan fingerprint density at radius 3 is 2.50 bits per heavy atom. The molecule has 3 heterocycles. The van der Waals surface area contributed by atoms with E-state index in [1.165, 1.54) is 12.1 Å². The molecule has 7 nitrogen and oxygen atoms in total. The molecule has 2 unspecified atom stereocenters. The largest absolute Gasteiger partial charge is 0.497 e. The van der Waals surface area contributed by atoms with Gasteiger partial charge in [0.15, 0.2) is 0 Å². The van der Waals surface area contributed by atoms with E-state index in [0.717, 1.165) is 39.5 Å². The normalized spacial score (nSPS) is 18.7. The van der Waals surface area contributed by atoms with Crippen LogP contribution in [0.4, 0.5) is 10.3 Å². The fourth-order valence-electron chi connectivity index (χ4n) is 4.36. The molecule has 1 N–H and O–H groups in total. The van der Waals surface area contributed by atoms with Crippen molar-refractivity contribution < 1.29 is 13.9 Å². The molecule has 2 aliphatic heterocycles. The van der Waals surface area contributed by atoms with Gasteiger partial charge in [0.25, 0.3) is 0 Å². The second-order valence-corrected chi connectivity index (χ2v) is 7.62. The van der Waals surface area contributed by atoms with Crippen LogP contribution in [0.5, 0.6) is 11.5 Å². The van der Waals surface area contributed by atoms with E-state index < -0.39 is 6.10 Å². The van der Waals surface area contributed by atoms with Gasteiger partial charge in [0.05, 0.1) is 12.8 Å². The zero-order valence-electron chi connectivity index (χ0n) is 17.1. The molecule has 0 fully saturated rings. The number of benzene rings is 3. The van der Waals surface area contributed by atoms with Crippen LogP contribution < -0.4 is 14.8 Å². The van der Waals surface area contributed by atoms with Gasteiger partial charge in [0, 0.05) is 11.1 Å². The van der Waals surface area contributed by atoms with Crippen LogP contribution in [0.2, 0.25) is 0 Å². The van der Waals surface area contributed by atoms with Crippen LogP contribution in [0.15, 0.2) is 78.4 Å². The molecule has 2 atom stereocenters. The fourth-order valence-corrected chi connectivity index (χ4v) is 4.36. The van der Waals surface area contributed by atoms with Crippen molar-refractivity contribution >= 4 is 11.6 Å². The summed E-state index contributed by atoms with van der Waals surface area (Å²) in [4.78, 5) is 0. The third-order valence-electron chi connectivity index (χ3n) is 5.85. The zero-order valence-corrected chi connectivity index (χ0v) is 17.1. The Morgan fingerprint density at radius 2 is 1.72 bits per heavy atom. The quantitative estimate of drug-likeness (QED) is 0.523. The van der Waals surface area contributed by atoms with Crippen LogP contribution in [0.25, 0.3) is 5.70 Å². The van der Waals surface area contributed by atoms with Crippen molar-refractivity contribution in [3.8, 4) is 11.5 Å². The number of tetrazole rings is 1. The van der Waals surface area contributed by atoms with Crippen molar-refractivity contribution in [3.63, 3.8) is 0 Å². The summed E-state index contributed by atoms with van der Waals surface area (Å²) in [6.07, 6.45) is -0.461. The first-order valence-electron chi connectivity index (χ1n) is 10.2. The highest BCUT2D eigenvalue weighted by atomic mass is 19.1. The lowest BCUT2D eigenvalue weighted by atomic mass is 9.84. The number of halogens is 1. The van der Waals surface area contributed by atoms with E-state index >= 15 is 0 Å². The van der Waals surface area contributed by atoms with E-state index in [1.807, 2.05) is 48.5 Å². The molecule has 0 aliphatic carbocycles. The van der Waals surface area contributed by atoms with Crippen molar-refractivity contribution in [1.82, 2.24) is 20.2 Å². The summed E-state index contributed by atoms with van der Waals surface area (Å²) in [5.74, 6) is 1.74. The molecule has 0 amide bonds. The van der Waals surface area contributed by atoms with Gasteiger partial charge in [-0.05, 0) is 58.0 Å². The minimum atomic E-state index is -0.461. The molecule has 158 valence electrons. The van der Waals surface area contributed by atoms with Crippen LogP contribution in [0.1, 0.15) is 28.8 Å². The lowest BCUT2D eigenvalue weighted by Crippen LogP contribution is -2.32. The molecule has 2 aliphatic rings. The summed E-state index contributed by atoms with van der Waals surface area (Å²) in [5.41, 5.74) is 4.58. The van der Waals surface area contributed by atoms with Gasteiger partial charge < -0.3 is 14.8 Å². The number of nitrogens with one attached hydrogen (secondary N) is 1. The molecule has 6 rings (SSSR count). The van der Waals surface area contributed by atoms with Crippen molar-refractivity contribution in [2.45, 2.75) is 12.1 Å². The van der Waals surface area contributed by atoms with Gasteiger partial charge in [-0.15, -0.1) is 0 Å². The third-order valence-corrected chi connectivity index (χ3v) is 5.85. The van der Waals surface area contributed by atoms with Crippen molar-refractivity contribution in [3.05, 3.63) is 101 Å². The predicted molar refractivity (Wildman–Crippen MR) is 116 cm³/mol. The van der Waals surface area contributed by atoms with Crippen molar-refractivity contribution in [1.29, 1.82) is 0 Å². The van der Waals surface area contributed by atoms with Gasteiger partial charge >= 0.3 is 0 Å². The summed E-state index contributed by atoms with van der Waals surface area (Å²) < 4.78 is 27.3. The van der Waals surface area contributed by atoms with Gasteiger partial charge in [-0.3, -0.25) is 0 Å². The highest BCUT2D eigenvalue weighted by molar-refractivity contribution is 5.85. The Labute approximate surface area is 183 Å². The maximum atomic E-state index is 13.7. The van der Waals surface area contributed by atoms with E-state index in [9.17, 15) is 4.39 Å². The number of rotatable bonds is 3. The highest BCUT2D eigenvalue weighted by Crippen LogP contribution is 2.50. The van der Waals surface area contributed by atoms with Crippen molar-refractivity contribution in [2.24, 2.45) is 0 Å². The van der Waals surface area contributed by atoms with Crippen LogP contribution in [-0.4, -0.2) is 27.3 Å². The molecule has 0 spiro atoms. The van der Waals surface area contributed by atoms with E-state index in [0.29, 0.717) is 5.95 Å². The first-order valence-corrected chi connectivity index (χ1v) is 10.2. The average molecular weight is 427 g/mol. The third kappa shape index (κ3) is 2.84. The number of methoxy groups -OCH3 is 1. The highest BCUT2D eigenvalue weighted by Gasteiger charge is 2.41. The predicted octanol–water partition coefficient (Wildman–Crippen LogP) is 4.38. The summed E-state index contributed by atoms with van der Waals surface area (Å²) in [5, 5.41) is 15.7. The first kappa shape index (κ1) is 18.6. The molecule has 4 aromatic rings. The Balaban J connectivity index is 1.60. The Morgan fingerprint density at radius 1 is 0.969 bits per heavy atom. The van der Waals surface area contributed by atoms with E-state index in [2.05, 4.69) is 20.8 Å². The van der Waals surface area contributed by atoms with E-state index in [-0.39, 0.29) is 11.9 Å². The number of aromatic nitrogens is 4. The number of anilines is 1. The number of para-hydroxylation sites is 1. The molecule has 0 saturated carbocycles. The number of hydrogen-bond donors (Lipinski definition) is 1. The Bertz CT molecular complexity index is 1330. The molecule has 0 radical (unpaired) electrons. The minimum Gasteiger partial charge on any atom is -0.497 e. The summed E-state index contributed by atoms with van der Waals surface area (Å²) >= 11 is 0. The standard InChI is InChI=1S/C24H18FN5O2/c1-31-17-12-8-14(9-13-17)22-20-21(26-24-27-28-29-30(22)24)18-4-2-3-5-19(18)32-23(20)15-6-10-16(25)11-7-15/h2-13,22-23H,1H3,(H,26,27,29). The summed E-state index contributed by atoms with van der Waals surface area (Å²) in [7, 11) is 1.64. The van der Waals surface area contributed by atoms with Gasteiger partial charge in [0.2, 0.25) is 5.95 Å². The number of ether oxygens (including phenoxy) is 2. The lowest BCUT2D eigenvalue weighted by Gasteiger charge is -2.38. The Hall–Kier alpha value is -4.20. The molecular formula is C24H18FN5O2. The van der Waals surface area contributed by atoms with Crippen LogP contribution >= 0.6 is 0 Å². The molecule has 0 saturated heterocycles. The van der Waals surface area contributed by atoms with Crippen LogP contribution in [0, 0.1) is 5.82 Å². The minimum absolute atomic E-state index is 0.296. The van der Waals surface area contributed by atoms with Crippen LogP contribution in [0.3, 0.4) is 0 Å². The van der Waals surface area contributed by atoms with Gasteiger partial charge in [-0.1, -0.05) is 41.5 Å². The first-order chi connectivity index (χ1) is 15.7. The fraction of sp³-hybridized carbons (Fsp3) is 0.125. The SMILES string of the molecule is COc1ccc(C2C3=C(Nc4nnnn42)c2ccccc2OC3c2ccc(F)cc2)cc1. The Kier molecular flexibility index (Phi) is 4.17. The lowest BCUT2D eigenvalue weighted by molar-refractivity contribution is 0.222. The van der Waals surface area contributed by atoms with E-state index in [1.54, 1.807) is 23.9 Å². The molecule has 1 aromatic heterocycles. The molecule has 8 heteroatoms. The second kappa shape index (κ2) is 7.19. The van der Waals surface area contributed by atoms with E-state index in [4.69, 9.17) is 9.47 Å². The number of nitrogens with zero attached hydrogens (tertiary/aromatic N) is 4. The van der Waals surface area contributed by atoms with Gasteiger partial charge in [0.1, 0.15) is 29.5 Å². The second-order valence-electron chi connectivity index (χ2n) is 7.62. The molecular weight excluding hydrogens is 409 g/mol. The summed E-state index contributed by atoms with van der Waals surface area (Å²) in [6.45, 7) is 0. The van der Waals surface area contributed by atoms with Gasteiger partial charge in [-0.2, -0.15) is 4.68 Å². The maximum Gasteiger partial charge on any atom is 0.248 e. The molecule has 3 aromatic carbocycles. The average Bonchev–Trinajstić information content (AvgIpc) is 3.31. The topological polar surface area (TPSA) is 74.1 Å². The monoisotopic (exact) mass is 427 g/mol. The summed E-state index contributed by atoms with van der Waals surface area (Å²) in [6, 6.07) is 21.7. The molecule has 32 heavy (non-hydrogen) atoms. The maximum absolute atomic E-state index is 13.7. The zero-order chi connectivity index (χ0) is 21.7. The van der Waals surface area contributed by atoms with Gasteiger partial charge in [-0.25, -0.2) is 4.39 Å². The number of fused-ring (bicyclic) bond motifs is 3.